The normalized spacial score (nSPS) is 12.8. The van der Waals surface area contributed by atoms with Gasteiger partial charge in [0, 0.05) is 11.4 Å². The van der Waals surface area contributed by atoms with Crippen molar-refractivity contribution in [3.8, 4) is 0 Å². The molecule has 2 aromatic heterocycles. The first-order valence-corrected chi connectivity index (χ1v) is 7.18. The van der Waals surface area contributed by atoms with Gasteiger partial charge in [0.05, 0.1) is 5.39 Å². The number of rotatable bonds is 6. The van der Waals surface area contributed by atoms with Gasteiger partial charge in [-0.2, -0.15) is 0 Å². The van der Waals surface area contributed by atoms with E-state index < -0.39 is 0 Å². The Balaban J connectivity index is 2.14. The molecule has 0 aromatic carbocycles. The fraction of sp³-hybridized carbons (Fsp3) is 0.538. The molecule has 0 aliphatic heterocycles. The summed E-state index contributed by atoms with van der Waals surface area (Å²) in [7, 11) is 1.98. The van der Waals surface area contributed by atoms with Gasteiger partial charge >= 0.3 is 0 Å². The van der Waals surface area contributed by atoms with Crippen LogP contribution in [0.3, 0.4) is 0 Å². The van der Waals surface area contributed by atoms with E-state index in [1.165, 1.54) is 4.88 Å². The number of fused-ring (bicyclic) bond motifs is 1. The van der Waals surface area contributed by atoms with Crippen LogP contribution in [0, 0.1) is 5.92 Å². The van der Waals surface area contributed by atoms with Crippen molar-refractivity contribution in [3.63, 3.8) is 0 Å². The van der Waals surface area contributed by atoms with Gasteiger partial charge in [-0.25, -0.2) is 9.97 Å². The highest BCUT2D eigenvalue weighted by Gasteiger charge is 2.08. The molecule has 4 nitrogen and oxygen atoms in total. The molecule has 18 heavy (non-hydrogen) atoms. The average molecular weight is 264 g/mol. The number of thiophene rings is 1. The van der Waals surface area contributed by atoms with Gasteiger partial charge in [0.15, 0.2) is 0 Å². The Kier molecular flexibility index (Phi) is 4.49. The third-order valence-electron chi connectivity index (χ3n) is 2.90. The van der Waals surface area contributed by atoms with Crippen LogP contribution in [0.4, 0.5) is 5.82 Å². The van der Waals surface area contributed by atoms with Gasteiger partial charge in [0.25, 0.3) is 0 Å². The molecule has 0 radical (unpaired) electrons. The van der Waals surface area contributed by atoms with Gasteiger partial charge in [-0.15, -0.1) is 11.3 Å². The summed E-state index contributed by atoms with van der Waals surface area (Å²) >= 11 is 1.75. The van der Waals surface area contributed by atoms with Crippen LogP contribution in [-0.2, 0) is 6.42 Å². The molecule has 0 aliphatic rings. The van der Waals surface area contributed by atoms with Crippen molar-refractivity contribution in [1.29, 1.82) is 0 Å². The number of aromatic nitrogens is 2. The molecule has 5 heteroatoms. The van der Waals surface area contributed by atoms with E-state index >= 15 is 0 Å². The molecule has 0 amide bonds. The smallest absolute Gasteiger partial charge is 0.138 e. The Bertz CT molecular complexity index is 509. The quantitative estimate of drug-likeness (QED) is 0.842. The highest BCUT2D eigenvalue weighted by Crippen LogP contribution is 2.28. The Labute approximate surface area is 112 Å². The van der Waals surface area contributed by atoms with Crippen LogP contribution in [0.1, 0.15) is 18.7 Å². The average Bonchev–Trinajstić information content (AvgIpc) is 2.80. The number of anilines is 1. The molecule has 0 fully saturated rings. The van der Waals surface area contributed by atoms with E-state index in [1.54, 1.807) is 17.7 Å². The third kappa shape index (κ3) is 2.97. The molecule has 0 saturated heterocycles. The Hall–Kier alpha value is -1.20. The van der Waals surface area contributed by atoms with Gasteiger partial charge in [0.2, 0.25) is 0 Å². The lowest BCUT2D eigenvalue weighted by Crippen LogP contribution is -2.23. The summed E-state index contributed by atoms with van der Waals surface area (Å²) in [5.74, 6) is 1.53. The van der Waals surface area contributed by atoms with Crippen LogP contribution in [-0.4, -0.2) is 30.1 Å². The van der Waals surface area contributed by atoms with Gasteiger partial charge in [-0.3, -0.25) is 0 Å². The van der Waals surface area contributed by atoms with Crippen molar-refractivity contribution >= 4 is 27.4 Å². The van der Waals surface area contributed by atoms with E-state index in [0.717, 1.165) is 35.5 Å². The summed E-state index contributed by atoms with van der Waals surface area (Å²) in [5, 5.41) is 7.76. The van der Waals surface area contributed by atoms with Crippen molar-refractivity contribution in [1.82, 2.24) is 15.3 Å². The largest absolute Gasteiger partial charge is 0.369 e. The molecule has 98 valence electrons. The predicted octanol–water partition coefficient (Wildman–Crippen LogP) is 2.52. The van der Waals surface area contributed by atoms with Gasteiger partial charge < -0.3 is 10.6 Å². The minimum Gasteiger partial charge on any atom is -0.369 e. The van der Waals surface area contributed by atoms with Crippen molar-refractivity contribution in [3.05, 3.63) is 17.3 Å². The van der Waals surface area contributed by atoms with Crippen LogP contribution < -0.4 is 10.6 Å². The molecule has 0 spiro atoms. The summed E-state index contributed by atoms with van der Waals surface area (Å²) in [5.41, 5.74) is 0. The summed E-state index contributed by atoms with van der Waals surface area (Å²) in [6.45, 7) is 6.31. The van der Waals surface area contributed by atoms with Gasteiger partial charge in [-0.05, 0) is 32.0 Å². The molecule has 2 N–H and O–H groups in total. The molecule has 2 rings (SSSR count). The summed E-state index contributed by atoms with van der Waals surface area (Å²) in [6, 6.07) is 2.20. The zero-order chi connectivity index (χ0) is 13.0. The number of nitrogens with one attached hydrogen (secondary N) is 2. The van der Waals surface area contributed by atoms with E-state index in [4.69, 9.17) is 0 Å². The lowest BCUT2D eigenvalue weighted by Gasteiger charge is -2.12. The maximum Gasteiger partial charge on any atom is 0.138 e. The molecular formula is C13H20N4S. The van der Waals surface area contributed by atoms with Crippen LogP contribution in [0.15, 0.2) is 12.4 Å². The van der Waals surface area contributed by atoms with Crippen molar-refractivity contribution in [2.24, 2.45) is 5.92 Å². The maximum atomic E-state index is 4.35. The maximum absolute atomic E-state index is 4.35. The second-order valence-corrected chi connectivity index (χ2v) is 5.67. The first kappa shape index (κ1) is 13.2. The van der Waals surface area contributed by atoms with Gasteiger partial charge in [-0.1, -0.05) is 13.8 Å². The van der Waals surface area contributed by atoms with Crippen molar-refractivity contribution in [2.45, 2.75) is 20.3 Å². The summed E-state index contributed by atoms with van der Waals surface area (Å²) in [4.78, 5) is 11.1. The fourth-order valence-electron chi connectivity index (χ4n) is 1.91. The van der Waals surface area contributed by atoms with Crippen LogP contribution in [0.25, 0.3) is 10.2 Å². The summed E-state index contributed by atoms with van der Waals surface area (Å²) in [6.07, 6.45) is 2.69. The topological polar surface area (TPSA) is 49.8 Å². The van der Waals surface area contributed by atoms with Crippen LogP contribution in [0.5, 0.6) is 0 Å². The first-order chi connectivity index (χ1) is 8.74. The molecule has 1 unspecified atom stereocenters. The number of nitrogens with zero attached hydrogens (tertiary/aromatic N) is 2. The molecular weight excluding hydrogens is 244 g/mol. The van der Waals surface area contributed by atoms with Crippen molar-refractivity contribution < 1.29 is 0 Å². The molecule has 2 heterocycles. The first-order valence-electron chi connectivity index (χ1n) is 6.36. The van der Waals surface area contributed by atoms with E-state index in [1.807, 2.05) is 7.05 Å². The van der Waals surface area contributed by atoms with Gasteiger partial charge in [0.1, 0.15) is 17.0 Å². The highest BCUT2D eigenvalue weighted by molar-refractivity contribution is 7.18. The summed E-state index contributed by atoms with van der Waals surface area (Å²) < 4.78 is 0. The third-order valence-corrected chi connectivity index (χ3v) is 4.09. The number of aryl methyl sites for hydroxylation is 1. The van der Waals surface area contributed by atoms with E-state index in [9.17, 15) is 0 Å². The molecule has 0 bridgehead atoms. The second-order valence-electron chi connectivity index (χ2n) is 4.55. The number of hydrogen-bond donors (Lipinski definition) is 2. The van der Waals surface area contributed by atoms with Crippen molar-refractivity contribution in [2.75, 3.05) is 25.5 Å². The Morgan fingerprint density at radius 1 is 1.33 bits per heavy atom. The molecule has 0 saturated carbocycles. The predicted molar refractivity (Wildman–Crippen MR) is 78.4 cm³/mol. The Morgan fingerprint density at radius 3 is 2.89 bits per heavy atom. The minimum absolute atomic E-state index is 0.573. The Morgan fingerprint density at radius 2 is 2.17 bits per heavy atom. The standard InChI is InChI=1S/C13H20N4S/c1-4-10-5-11-12(15-7-9(2)6-14-3)16-8-17-13(11)18-10/h5,8-9,14H,4,6-7H2,1-3H3,(H,15,16,17). The minimum atomic E-state index is 0.573. The molecule has 1 atom stereocenters. The number of hydrogen-bond acceptors (Lipinski definition) is 5. The SMILES string of the molecule is CCc1cc2c(NCC(C)CNC)ncnc2s1. The van der Waals surface area contributed by atoms with E-state index in [-0.39, 0.29) is 0 Å². The lowest BCUT2D eigenvalue weighted by molar-refractivity contribution is 0.569. The highest BCUT2D eigenvalue weighted by atomic mass is 32.1. The fourth-order valence-corrected chi connectivity index (χ4v) is 2.85. The zero-order valence-electron chi connectivity index (χ0n) is 11.2. The zero-order valence-corrected chi connectivity index (χ0v) is 12.0. The lowest BCUT2D eigenvalue weighted by atomic mass is 10.2. The molecule has 2 aromatic rings. The molecule has 0 aliphatic carbocycles. The van der Waals surface area contributed by atoms with E-state index in [2.05, 4.69) is 40.5 Å². The van der Waals surface area contributed by atoms with Crippen LogP contribution >= 0.6 is 11.3 Å². The second kappa shape index (κ2) is 6.11. The monoisotopic (exact) mass is 264 g/mol. The van der Waals surface area contributed by atoms with E-state index in [0.29, 0.717) is 5.92 Å². The van der Waals surface area contributed by atoms with Crippen LogP contribution in [0.2, 0.25) is 0 Å².